The lowest BCUT2D eigenvalue weighted by Gasteiger charge is -2.18. The van der Waals surface area contributed by atoms with Crippen LogP contribution >= 0.6 is 0 Å². The number of phenols is 1. The number of benzene rings is 2. The molecule has 1 fully saturated rings. The van der Waals surface area contributed by atoms with Crippen LogP contribution in [-0.2, 0) is 0 Å². The van der Waals surface area contributed by atoms with E-state index in [2.05, 4.69) is 10.2 Å². The number of carbonyl (C=O) groups excluding carboxylic acids is 1. The highest BCUT2D eigenvalue weighted by molar-refractivity contribution is 6.05. The molecule has 6 nitrogen and oxygen atoms in total. The van der Waals surface area contributed by atoms with E-state index in [0.717, 1.165) is 31.6 Å². The second kappa shape index (κ2) is 6.62. The lowest BCUT2D eigenvalue weighted by atomic mass is 10.1. The van der Waals surface area contributed by atoms with Crippen LogP contribution < -0.4 is 10.2 Å². The number of anilines is 2. The van der Waals surface area contributed by atoms with Crippen molar-refractivity contribution in [3.05, 3.63) is 53.6 Å². The van der Waals surface area contributed by atoms with Crippen molar-refractivity contribution in [3.63, 3.8) is 0 Å². The van der Waals surface area contributed by atoms with Gasteiger partial charge in [-0.15, -0.1) is 0 Å². The van der Waals surface area contributed by atoms with E-state index in [9.17, 15) is 14.7 Å². The number of carbonyl (C=O) groups is 2. The Bertz CT molecular complexity index is 782. The molecule has 124 valence electrons. The Morgan fingerprint density at radius 1 is 1.04 bits per heavy atom. The van der Waals surface area contributed by atoms with Crippen LogP contribution in [0.25, 0.3) is 0 Å². The van der Waals surface area contributed by atoms with Gasteiger partial charge >= 0.3 is 5.97 Å². The molecular weight excluding hydrogens is 308 g/mol. The number of nitrogens with zero attached hydrogens (tertiary/aromatic N) is 1. The minimum atomic E-state index is -1.25. The molecule has 2 aromatic carbocycles. The Hall–Kier alpha value is -3.02. The van der Waals surface area contributed by atoms with E-state index in [-0.39, 0.29) is 17.2 Å². The summed E-state index contributed by atoms with van der Waals surface area (Å²) in [5.74, 6) is -1.91. The van der Waals surface area contributed by atoms with E-state index in [4.69, 9.17) is 5.11 Å². The van der Waals surface area contributed by atoms with Gasteiger partial charge in [0.2, 0.25) is 0 Å². The van der Waals surface area contributed by atoms with Crippen LogP contribution in [0.1, 0.15) is 33.6 Å². The highest BCUT2D eigenvalue weighted by Crippen LogP contribution is 2.24. The number of aromatic hydroxyl groups is 1. The molecule has 2 aromatic rings. The van der Waals surface area contributed by atoms with Gasteiger partial charge in [-0.1, -0.05) is 6.07 Å². The first-order valence-corrected chi connectivity index (χ1v) is 7.77. The molecule has 3 rings (SSSR count). The van der Waals surface area contributed by atoms with Gasteiger partial charge in [0.25, 0.3) is 5.91 Å². The molecule has 0 radical (unpaired) electrons. The summed E-state index contributed by atoms with van der Waals surface area (Å²) in [6, 6.07) is 11.3. The maximum Gasteiger partial charge on any atom is 0.339 e. The average molecular weight is 326 g/mol. The molecule has 0 aliphatic carbocycles. The fourth-order valence-electron chi connectivity index (χ4n) is 2.81. The van der Waals surface area contributed by atoms with Gasteiger partial charge < -0.3 is 20.4 Å². The average Bonchev–Trinajstić information content (AvgIpc) is 3.11. The number of hydrogen-bond donors (Lipinski definition) is 3. The number of carboxylic acid groups (broad SMARTS) is 1. The first kappa shape index (κ1) is 15.9. The lowest BCUT2D eigenvalue weighted by molar-refractivity contribution is 0.0693. The Morgan fingerprint density at radius 3 is 2.50 bits per heavy atom. The maximum absolute atomic E-state index is 12.4. The monoisotopic (exact) mass is 326 g/mol. The fourth-order valence-corrected chi connectivity index (χ4v) is 2.81. The number of rotatable bonds is 4. The van der Waals surface area contributed by atoms with Crippen molar-refractivity contribution < 1.29 is 19.8 Å². The van der Waals surface area contributed by atoms with E-state index < -0.39 is 5.97 Å². The minimum absolute atomic E-state index is 0.251. The molecule has 1 aliphatic rings. The van der Waals surface area contributed by atoms with Crippen molar-refractivity contribution in [2.24, 2.45) is 0 Å². The van der Waals surface area contributed by atoms with Crippen LogP contribution in [0.5, 0.6) is 5.75 Å². The SMILES string of the molecule is O=C(Nc1ccc(O)c(C(=O)O)c1)c1cccc(N2CCCC2)c1. The minimum Gasteiger partial charge on any atom is -0.507 e. The summed E-state index contributed by atoms with van der Waals surface area (Å²) in [7, 11) is 0. The zero-order valence-electron chi connectivity index (χ0n) is 13.0. The summed E-state index contributed by atoms with van der Waals surface area (Å²) >= 11 is 0. The van der Waals surface area contributed by atoms with Crippen LogP contribution in [0, 0.1) is 0 Å². The summed E-state index contributed by atoms with van der Waals surface area (Å²) < 4.78 is 0. The molecule has 1 heterocycles. The van der Waals surface area contributed by atoms with Gasteiger partial charge in [-0.05, 0) is 49.2 Å². The van der Waals surface area contributed by atoms with Crippen LogP contribution in [0.2, 0.25) is 0 Å². The predicted octanol–water partition coefficient (Wildman–Crippen LogP) is 2.94. The Labute approximate surface area is 139 Å². The maximum atomic E-state index is 12.4. The van der Waals surface area contributed by atoms with Gasteiger partial charge in [-0.3, -0.25) is 4.79 Å². The molecule has 1 aliphatic heterocycles. The first-order chi connectivity index (χ1) is 11.5. The van der Waals surface area contributed by atoms with Gasteiger partial charge in [0.05, 0.1) is 0 Å². The third-order valence-electron chi connectivity index (χ3n) is 4.06. The number of amides is 1. The summed E-state index contributed by atoms with van der Waals surface area (Å²) in [6.07, 6.45) is 2.31. The highest BCUT2D eigenvalue weighted by Gasteiger charge is 2.15. The second-order valence-corrected chi connectivity index (χ2v) is 5.74. The van der Waals surface area contributed by atoms with Crippen LogP contribution in [-0.4, -0.2) is 35.2 Å². The first-order valence-electron chi connectivity index (χ1n) is 7.77. The summed E-state index contributed by atoms with van der Waals surface area (Å²) in [6.45, 7) is 1.98. The van der Waals surface area contributed by atoms with Gasteiger partial charge in [-0.2, -0.15) is 0 Å². The van der Waals surface area contributed by atoms with Gasteiger partial charge in [-0.25, -0.2) is 4.79 Å². The van der Waals surface area contributed by atoms with Crippen LogP contribution in [0.15, 0.2) is 42.5 Å². The van der Waals surface area contributed by atoms with E-state index in [1.807, 2.05) is 18.2 Å². The smallest absolute Gasteiger partial charge is 0.339 e. The van der Waals surface area contributed by atoms with Crippen molar-refractivity contribution in [1.82, 2.24) is 0 Å². The van der Waals surface area contributed by atoms with Crippen molar-refractivity contribution in [1.29, 1.82) is 0 Å². The van der Waals surface area contributed by atoms with Crippen molar-refractivity contribution >= 4 is 23.3 Å². The number of carboxylic acids is 1. The summed E-state index contributed by atoms with van der Waals surface area (Å²) in [4.78, 5) is 25.7. The van der Waals surface area contributed by atoms with Crippen LogP contribution in [0.3, 0.4) is 0 Å². The van der Waals surface area contributed by atoms with Crippen LogP contribution in [0.4, 0.5) is 11.4 Å². The zero-order chi connectivity index (χ0) is 17.1. The van der Waals surface area contributed by atoms with Gasteiger partial charge in [0.15, 0.2) is 0 Å². The Balaban J connectivity index is 1.79. The summed E-state index contributed by atoms with van der Waals surface area (Å²) in [5.41, 5.74) is 1.59. The van der Waals surface area contributed by atoms with E-state index in [0.29, 0.717) is 11.3 Å². The second-order valence-electron chi connectivity index (χ2n) is 5.74. The van der Waals surface area contributed by atoms with Crippen molar-refractivity contribution in [3.8, 4) is 5.75 Å². The molecule has 6 heteroatoms. The molecule has 0 aromatic heterocycles. The molecule has 0 unspecified atom stereocenters. The fraction of sp³-hybridized carbons (Fsp3) is 0.222. The topological polar surface area (TPSA) is 89.9 Å². The molecule has 3 N–H and O–H groups in total. The number of aromatic carboxylic acids is 1. The molecule has 1 saturated heterocycles. The molecular formula is C18H18N2O4. The highest BCUT2D eigenvalue weighted by atomic mass is 16.4. The molecule has 0 bridgehead atoms. The predicted molar refractivity (Wildman–Crippen MR) is 90.9 cm³/mol. The molecule has 24 heavy (non-hydrogen) atoms. The van der Waals surface area contributed by atoms with Crippen molar-refractivity contribution in [2.45, 2.75) is 12.8 Å². The van der Waals surface area contributed by atoms with E-state index >= 15 is 0 Å². The molecule has 0 saturated carbocycles. The largest absolute Gasteiger partial charge is 0.507 e. The third-order valence-corrected chi connectivity index (χ3v) is 4.06. The zero-order valence-corrected chi connectivity index (χ0v) is 13.0. The number of hydrogen-bond acceptors (Lipinski definition) is 4. The number of nitrogens with one attached hydrogen (secondary N) is 1. The molecule has 1 amide bonds. The third kappa shape index (κ3) is 3.32. The Kier molecular flexibility index (Phi) is 4.37. The normalized spacial score (nSPS) is 13.8. The van der Waals surface area contributed by atoms with Gasteiger partial charge in [0.1, 0.15) is 11.3 Å². The summed E-state index contributed by atoms with van der Waals surface area (Å²) in [5, 5.41) is 21.2. The standard InChI is InChI=1S/C18H18N2O4/c21-16-7-6-13(11-15(16)18(23)24)19-17(22)12-4-3-5-14(10-12)20-8-1-2-9-20/h3-7,10-11,21H,1-2,8-9H2,(H,19,22)(H,23,24). The van der Waals surface area contributed by atoms with E-state index in [1.165, 1.54) is 18.2 Å². The van der Waals surface area contributed by atoms with E-state index in [1.54, 1.807) is 6.07 Å². The van der Waals surface area contributed by atoms with Gasteiger partial charge in [0, 0.05) is 30.0 Å². The molecule has 0 atom stereocenters. The quantitative estimate of drug-likeness (QED) is 0.752. The Morgan fingerprint density at radius 2 is 1.79 bits per heavy atom. The lowest BCUT2D eigenvalue weighted by Crippen LogP contribution is -2.19. The molecule has 0 spiro atoms. The van der Waals surface area contributed by atoms with Crippen molar-refractivity contribution in [2.75, 3.05) is 23.3 Å².